The summed E-state index contributed by atoms with van der Waals surface area (Å²) in [7, 11) is 0. The molecule has 0 amide bonds. The van der Waals surface area contributed by atoms with E-state index in [4.69, 9.17) is 15.0 Å². The molecular weight excluding hydrogens is 781 g/mol. The highest BCUT2D eigenvalue weighted by atomic mass is 15.2. The molecule has 0 fully saturated rings. The number of hydrogen-bond acceptors (Lipinski definition) is 3. The van der Waals surface area contributed by atoms with Crippen LogP contribution in [0, 0.1) is 53.4 Å². The van der Waals surface area contributed by atoms with Gasteiger partial charge in [-0.25, -0.2) is 15.0 Å². The van der Waals surface area contributed by atoms with Crippen LogP contribution in [0.5, 0.6) is 0 Å². The molecular formula is C58H58N6. The highest BCUT2D eigenvalue weighted by Gasteiger charge is 2.31. The second-order valence-corrected chi connectivity index (χ2v) is 18.0. The topological polar surface area (TPSA) is 53.5 Å². The van der Waals surface area contributed by atoms with Gasteiger partial charge in [0.05, 0.1) is 56.1 Å². The third-order valence-electron chi connectivity index (χ3n) is 13.1. The van der Waals surface area contributed by atoms with Crippen LogP contribution in [-0.2, 0) is 6.42 Å². The minimum atomic E-state index is 0.726. The molecule has 0 bridgehead atoms. The Kier molecular flexibility index (Phi) is 11.0. The molecule has 0 saturated carbocycles. The summed E-state index contributed by atoms with van der Waals surface area (Å²) >= 11 is 0. The van der Waals surface area contributed by atoms with Crippen LogP contribution in [0.15, 0.2) is 113 Å². The van der Waals surface area contributed by atoms with Crippen LogP contribution < -0.4 is 0 Å². The minimum Gasteiger partial charge on any atom is -0.292 e. The summed E-state index contributed by atoms with van der Waals surface area (Å²) in [6.07, 6.45) is 15.9. The van der Waals surface area contributed by atoms with Crippen LogP contribution >= 0.6 is 0 Å². The molecule has 3 heterocycles. The number of imidazole rings is 3. The Hall–Kier alpha value is -6.97. The van der Waals surface area contributed by atoms with E-state index in [1.54, 1.807) is 0 Å². The van der Waals surface area contributed by atoms with E-state index in [2.05, 4.69) is 206 Å². The Morgan fingerprint density at radius 3 is 1.98 bits per heavy atom. The van der Waals surface area contributed by atoms with Gasteiger partial charge in [-0.3, -0.25) is 13.7 Å². The predicted octanol–water partition coefficient (Wildman–Crippen LogP) is 14.5. The maximum Gasteiger partial charge on any atom is 0.154 e. The van der Waals surface area contributed by atoms with Gasteiger partial charge in [-0.05, 0) is 171 Å². The first-order valence-corrected chi connectivity index (χ1v) is 22.6. The normalized spacial score (nSPS) is 14.6. The quantitative estimate of drug-likeness (QED) is 0.113. The Balaban J connectivity index is 1.50. The van der Waals surface area contributed by atoms with Crippen molar-refractivity contribution in [3.8, 4) is 40.3 Å². The highest BCUT2D eigenvalue weighted by molar-refractivity contribution is 5.91. The van der Waals surface area contributed by atoms with Gasteiger partial charge in [0.2, 0.25) is 0 Å². The lowest BCUT2D eigenvalue weighted by Gasteiger charge is -2.28. The zero-order valence-corrected chi connectivity index (χ0v) is 39.5. The SMILES string of the molecule is CC=C/C(C)=C\C(C)=C(/C)c1nc2ccccc2n1-c1c(C)c(-n2c(-c3c(C)cc(C)cc3C)nc3c2C=CCC3)c(C)c(-n2c(C3=C(C)C=C(C)CC#C3)nc3ccccc32)c1C. The van der Waals surface area contributed by atoms with Crippen molar-refractivity contribution < 1.29 is 0 Å². The third-order valence-corrected chi connectivity index (χ3v) is 13.1. The number of nitrogens with zero attached hydrogens (tertiary/aromatic N) is 6. The molecule has 0 aliphatic heterocycles. The fraction of sp³-hybridized carbons (Fsp3) is 0.259. The summed E-state index contributed by atoms with van der Waals surface area (Å²) in [6.45, 7) is 26.5. The molecule has 2 aliphatic carbocycles. The van der Waals surface area contributed by atoms with Crippen molar-refractivity contribution in [3.63, 3.8) is 0 Å². The van der Waals surface area contributed by atoms with Gasteiger partial charge in [0, 0.05) is 12.0 Å². The van der Waals surface area contributed by atoms with E-state index in [1.165, 1.54) is 33.4 Å². The van der Waals surface area contributed by atoms with E-state index >= 15 is 0 Å². The van der Waals surface area contributed by atoms with Gasteiger partial charge in [-0.2, -0.15) is 0 Å². The maximum atomic E-state index is 5.59. The van der Waals surface area contributed by atoms with Crippen LogP contribution in [0.2, 0.25) is 0 Å². The van der Waals surface area contributed by atoms with Crippen molar-refractivity contribution in [2.24, 2.45) is 0 Å². The Morgan fingerprint density at radius 2 is 1.31 bits per heavy atom. The third kappa shape index (κ3) is 7.04. The van der Waals surface area contributed by atoms with Crippen molar-refractivity contribution >= 4 is 39.3 Å². The van der Waals surface area contributed by atoms with Crippen LogP contribution in [0.3, 0.4) is 0 Å². The molecule has 0 atom stereocenters. The first-order chi connectivity index (χ1) is 30.8. The van der Waals surface area contributed by atoms with Gasteiger partial charge in [0.15, 0.2) is 5.82 Å². The summed E-state index contributed by atoms with van der Waals surface area (Å²) in [5.41, 5.74) is 24.5. The van der Waals surface area contributed by atoms with Gasteiger partial charge < -0.3 is 0 Å². The van der Waals surface area contributed by atoms with Crippen molar-refractivity contribution in [1.82, 2.24) is 28.7 Å². The molecule has 6 nitrogen and oxygen atoms in total. The summed E-state index contributed by atoms with van der Waals surface area (Å²) in [5.74, 6) is 9.80. The van der Waals surface area contributed by atoms with E-state index in [0.29, 0.717) is 0 Å². The summed E-state index contributed by atoms with van der Waals surface area (Å²) in [5, 5.41) is 0. The predicted molar refractivity (Wildman–Crippen MR) is 270 cm³/mol. The summed E-state index contributed by atoms with van der Waals surface area (Å²) in [6, 6.07) is 21.7. The molecule has 9 rings (SSSR count). The molecule has 0 N–H and O–H groups in total. The highest BCUT2D eigenvalue weighted by Crippen LogP contribution is 2.44. The van der Waals surface area contributed by atoms with Gasteiger partial charge in [0.1, 0.15) is 11.6 Å². The van der Waals surface area contributed by atoms with E-state index in [1.807, 2.05) is 0 Å². The number of aromatic nitrogens is 6. The zero-order chi connectivity index (χ0) is 45.1. The number of fused-ring (bicyclic) bond motifs is 3. The van der Waals surface area contributed by atoms with Gasteiger partial charge in [0.25, 0.3) is 0 Å². The second-order valence-electron chi connectivity index (χ2n) is 18.0. The van der Waals surface area contributed by atoms with Gasteiger partial charge in [-0.15, -0.1) is 0 Å². The molecule has 4 aromatic carbocycles. The lowest BCUT2D eigenvalue weighted by atomic mass is 9.95. The summed E-state index contributed by atoms with van der Waals surface area (Å²) < 4.78 is 7.29. The number of rotatable bonds is 8. The molecule has 64 heavy (non-hydrogen) atoms. The zero-order valence-electron chi connectivity index (χ0n) is 39.5. The number of benzene rings is 4. The van der Waals surface area contributed by atoms with Crippen LogP contribution in [0.4, 0.5) is 0 Å². The van der Waals surface area contributed by atoms with Crippen LogP contribution in [0.25, 0.3) is 67.7 Å². The van der Waals surface area contributed by atoms with Crippen molar-refractivity contribution in [2.45, 2.75) is 102 Å². The molecule has 320 valence electrons. The molecule has 0 radical (unpaired) electrons. The number of aryl methyl sites for hydroxylation is 4. The lowest BCUT2D eigenvalue weighted by molar-refractivity contribution is 0.922. The largest absolute Gasteiger partial charge is 0.292 e. The fourth-order valence-electron chi connectivity index (χ4n) is 10.3. The van der Waals surface area contributed by atoms with Crippen molar-refractivity contribution in [2.75, 3.05) is 0 Å². The molecule has 3 aromatic heterocycles. The molecule has 7 aromatic rings. The van der Waals surface area contributed by atoms with E-state index in [-0.39, 0.29) is 0 Å². The molecule has 0 spiro atoms. The minimum absolute atomic E-state index is 0.726. The fourth-order valence-corrected chi connectivity index (χ4v) is 10.3. The standard InChI is InChI=1S/C58H58N6/c1-13-21-34(2)30-37(5)41(9)56-59-46-24-14-17-27-49(46)62(56)53-42(10)54(63-50-28-18-15-25-47(50)60-57(63)45-23-20-22-35(3)31-38(45)6)44(12)55(43(53)11)64-51-29-19-16-26-48(51)61-58(64)52-39(7)32-36(4)33-40(52)8/h13-15,17-19,21,24-25,27-33H,16,22,26H2,1-12H3/b21-13?,34-30-,41-37+. The number of para-hydroxylation sites is 4. The molecule has 2 aliphatic rings. The Labute approximate surface area is 378 Å². The van der Waals surface area contributed by atoms with Gasteiger partial charge >= 0.3 is 0 Å². The smallest absolute Gasteiger partial charge is 0.154 e. The van der Waals surface area contributed by atoms with Crippen molar-refractivity contribution in [3.05, 3.63) is 170 Å². The molecule has 6 heteroatoms. The maximum absolute atomic E-state index is 5.59. The average molecular weight is 839 g/mol. The Morgan fingerprint density at radius 1 is 0.703 bits per heavy atom. The number of hydrogen-bond donors (Lipinski definition) is 0. The first kappa shape index (κ1) is 42.3. The second kappa shape index (κ2) is 16.6. The monoisotopic (exact) mass is 838 g/mol. The van der Waals surface area contributed by atoms with Crippen LogP contribution in [0.1, 0.15) is 111 Å². The van der Waals surface area contributed by atoms with E-state index in [9.17, 15) is 0 Å². The summed E-state index contributed by atoms with van der Waals surface area (Å²) in [4.78, 5) is 16.5. The van der Waals surface area contributed by atoms with Crippen LogP contribution in [-0.4, -0.2) is 28.7 Å². The lowest BCUT2D eigenvalue weighted by Crippen LogP contribution is -2.16. The molecule has 0 saturated heterocycles. The van der Waals surface area contributed by atoms with Crippen molar-refractivity contribution in [1.29, 1.82) is 0 Å². The van der Waals surface area contributed by atoms with Gasteiger partial charge in [-0.1, -0.05) is 95.3 Å². The number of allylic oxidation sites excluding steroid dienone is 11. The molecule has 0 unspecified atom stereocenters. The first-order valence-electron chi connectivity index (χ1n) is 22.6. The Bertz CT molecular complexity index is 3340. The van der Waals surface area contributed by atoms with E-state index in [0.717, 1.165) is 126 Å². The van der Waals surface area contributed by atoms with E-state index < -0.39 is 0 Å². The average Bonchev–Trinajstić information content (AvgIpc) is 3.90.